The molecule has 1 atom stereocenters. The third kappa shape index (κ3) is 6.39. The average Bonchev–Trinajstić information content (AvgIpc) is 2.87. The summed E-state index contributed by atoms with van der Waals surface area (Å²) in [5, 5.41) is 3.12. The third-order valence-corrected chi connectivity index (χ3v) is 8.49. The quantitative estimate of drug-likeness (QED) is 0.489. The Hall–Kier alpha value is -2.49. The molecule has 0 bridgehead atoms. The predicted octanol–water partition coefficient (Wildman–Crippen LogP) is 4.57. The molecule has 0 aromatic heterocycles. The van der Waals surface area contributed by atoms with Crippen LogP contribution in [-0.4, -0.2) is 52.5 Å². The molecule has 10 heteroatoms. The molecule has 8 nitrogen and oxygen atoms in total. The number of methoxy groups -OCH3 is 3. The lowest BCUT2D eigenvalue weighted by molar-refractivity contribution is -0.122. The third-order valence-electron chi connectivity index (χ3n) is 6.30. The van der Waals surface area contributed by atoms with Gasteiger partial charge in [0.05, 0.1) is 43.8 Å². The molecule has 0 spiro atoms. The van der Waals surface area contributed by atoms with Crippen LogP contribution in [0.4, 0.5) is 0 Å². The largest absolute Gasteiger partial charge is 0.495 e. The van der Waals surface area contributed by atoms with Crippen LogP contribution in [0.25, 0.3) is 0 Å². The highest BCUT2D eigenvalue weighted by Crippen LogP contribution is 2.32. The van der Waals surface area contributed by atoms with E-state index in [2.05, 4.69) is 5.32 Å². The van der Waals surface area contributed by atoms with Gasteiger partial charge in [-0.15, -0.1) is 0 Å². The highest BCUT2D eigenvalue weighted by atomic mass is 35.5. The SMILES string of the molecule is COc1ccc(S(=O)(=O)N(CC(=O)NC(C)c2ccc(OC)c(OC)c2)C2CCCCC2)cc1Cl. The zero-order chi connectivity index (χ0) is 25.6. The molecule has 1 fully saturated rings. The summed E-state index contributed by atoms with van der Waals surface area (Å²) in [6.45, 7) is 1.55. The fourth-order valence-corrected chi connectivity index (χ4v) is 6.35. The molecule has 2 aromatic carbocycles. The summed E-state index contributed by atoms with van der Waals surface area (Å²) < 4.78 is 44.4. The Kier molecular flexibility index (Phi) is 9.27. The lowest BCUT2D eigenvalue weighted by atomic mass is 9.95. The van der Waals surface area contributed by atoms with Crippen molar-refractivity contribution in [2.45, 2.75) is 56.0 Å². The minimum Gasteiger partial charge on any atom is -0.495 e. The van der Waals surface area contributed by atoms with Gasteiger partial charge in [-0.1, -0.05) is 36.9 Å². The second-order valence-electron chi connectivity index (χ2n) is 8.54. The first-order valence-corrected chi connectivity index (χ1v) is 13.4. The van der Waals surface area contributed by atoms with E-state index >= 15 is 0 Å². The van der Waals surface area contributed by atoms with E-state index in [1.807, 2.05) is 13.0 Å². The number of nitrogens with one attached hydrogen (secondary N) is 1. The second-order valence-corrected chi connectivity index (χ2v) is 10.8. The van der Waals surface area contributed by atoms with Gasteiger partial charge in [0.25, 0.3) is 0 Å². The van der Waals surface area contributed by atoms with Gasteiger partial charge >= 0.3 is 0 Å². The van der Waals surface area contributed by atoms with Gasteiger partial charge in [-0.25, -0.2) is 8.42 Å². The van der Waals surface area contributed by atoms with Crippen LogP contribution in [0.3, 0.4) is 0 Å². The highest BCUT2D eigenvalue weighted by molar-refractivity contribution is 7.89. The first kappa shape index (κ1) is 27.1. The number of hydrogen-bond donors (Lipinski definition) is 1. The summed E-state index contributed by atoms with van der Waals surface area (Å²) in [6.07, 6.45) is 4.32. The van der Waals surface area contributed by atoms with Crippen LogP contribution in [0.5, 0.6) is 17.2 Å². The maximum Gasteiger partial charge on any atom is 0.243 e. The van der Waals surface area contributed by atoms with E-state index in [1.165, 1.54) is 29.6 Å². The molecule has 3 rings (SSSR count). The molecule has 192 valence electrons. The van der Waals surface area contributed by atoms with E-state index in [9.17, 15) is 13.2 Å². The fourth-order valence-electron chi connectivity index (χ4n) is 4.36. The van der Waals surface area contributed by atoms with Crippen molar-refractivity contribution in [3.05, 3.63) is 47.0 Å². The first-order chi connectivity index (χ1) is 16.7. The number of nitrogens with zero attached hydrogens (tertiary/aromatic N) is 1. The van der Waals surface area contributed by atoms with Crippen molar-refractivity contribution in [3.8, 4) is 17.2 Å². The van der Waals surface area contributed by atoms with Crippen LogP contribution in [0, 0.1) is 0 Å². The molecule has 1 amide bonds. The highest BCUT2D eigenvalue weighted by Gasteiger charge is 2.34. The van der Waals surface area contributed by atoms with E-state index < -0.39 is 10.0 Å². The Balaban J connectivity index is 1.83. The molecular formula is C25H33ClN2O6S. The Morgan fingerprint density at radius 2 is 1.63 bits per heavy atom. The normalized spacial score (nSPS) is 15.5. The van der Waals surface area contributed by atoms with Gasteiger partial charge in [-0.2, -0.15) is 4.31 Å². The molecule has 1 saturated carbocycles. The Bertz CT molecular complexity index is 1130. The molecule has 35 heavy (non-hydrogen) atoms. The Morgan fingerprint density at radius 1 is 1.00 bits per heavy atom. The van der Waals surface area contributed by atoms with Crippen LogP contribution in [0.15, 0.2) is 41.3 Å². The van der Waals surface area contributed by atoms with Crippen molar-refractivity contribution in [1.29, 1.82) is 0 Å². The molecule has 0 heterocycles. The van der Waals surface area contributed by atoms with Crippen LogP contribution in [0.2, 0.25) is 5.02 Å². The molecule has 1 aliphatic rings. The number of carbonyl (C=O) groups excluding carboxylic acids is 1. The van der Waals surface area contributed by atoms with Crippen LogP contribution < -0.4 is 19.5 Å². The van der Waals surface area contributed by atoms with Crippen molar-refractivity contribution in [3.63, 3.8) is 0 Å². The number of benzene rings is 2. The lowest BCUT2D eigenvalue weighted by Gasteiger charge is -2.33. The second kappa shape index (κ2) is 12.0. The standard InChI is InChI=1S/C25H33ClN2O6S/c1-17(18-10-12-23(33-3)24(14-18)34-4)27-25(29)16-28(19-8-6-5-7-9-19)35(30,31)20-11-13-22(32-2)21(26)15-20/h10-15,17,19H,5-9,16H2,1-4H3,(H,27,29). The number of ether oxygens (including phenoxy) is 3. The molecule has 1 aliphatic carbocycles. The fraction of sp³-hybridized carbons (Fsp3) is 0.480. The minimum atomic E-state index is -3.97. The van der Waals surface area contributed by atoms with E-state index in [0.29, 0.717) is 30.1 Å². The number of hydrogen-bond acceptors (Lipinski definition) is 6. The Morgan fingerprint density at radius 3 is 2.23 bits per heavy atom. The van der Waals surface area contributed by atoms with Crippen LogP contribution >= 0.6 is 11.6 Å². The van der Waals surface area contributed by atoms with Crippen molar-refractivity contribution in [2.24, 2.45) is 0 Å². The minimum absolute atomic E-state index is 0.0367. The zero-order valence-electron chi connectivity index (χ0n) is 20.5. The predicted molar refractivity (Wildman–Crippen MR) is 135 cm³/mol. The average molecular weight is 525 g/mol. The van der Waals surface area contributed by atoms with Crippen LogP contribution in [-0.2, 0) is 14.8 Å². The van der Waals surface area contributed by atoms with Gasteiger partial charge in [-0.05, 0) is 55.7 Å². The maximum atomic E-state index is 13.6. The van der Waals surface area contributed by atoms with Crippen molar-refractivity contribution >= 4 is 27.5 Å². The van der Waals surface area contributed by atoms with E-state index in [0.717, 1.165) is 24.8 Å². The van der Waals surface area contributed by atoms with Crippen molar-refractivity contribution in [1.82, 2.24) is 9.62 Å². The van der Waals surface area contributed by atoms with Gasteiger partial charge in [0.15, 0.2) is 11.5 Å². The summed E-state index contributed by atoms with van der Waals surface area (Å²) in [5.41, 5.74) is 0.810. The summed E-state index contributed by atoms with van der Waals surface area (Å²) >= 11 is 6.21. The van der Waals surface area contributed by atoms with E-state index in [4.69, 9.17) is 25.8 Å². The van der Waals surface area contributed by atoms with Crippen molar-refractivity contribution in [2.75, 3.05) is 27.9 Å². The number of halogens is 1. The summed E-state index contributed by atoms with van der Waals surface area (Å²) in [5.74, 6) is 1.13. The molecule has 0 radical (unpaired) electrons. The topological polar surface area (TPSA) is 94.2 Å². The number of sulfonamides is 1. The van der Waals surface area contributed by atoms with Gasteiger partial charge < -0.3 is 19.5 Å². The number of amides is 1. The zero-order valence-corrected chi connectivity index (χ0v) is 22.1. The van der Waals surface area contributed by atoms with Crippen molar-refractivity contribution < 1.29 is 27.4 Å². The first-order valence-electron chi connectivity index (χ1n) is 11.6. The van der Waals surface area contributed by atoms with Gasteiger partial charge in [0.1, 0.15) is 5.75 Å². The monoisotopic (exact) mass is 524 g/mol. The van der Waals surface area contributed by atoms with Gasteiger partial charge in [0, 0.05) is 6.04 Å². The lowest BCUT2D eigenvalue weighted by Crippen LogP contribution is -2.47. The molecule has 1 N–H and O–H groups in total. The smallest absolute Gasteiger partial charge is 0.243 e. The molecule has 0 aliphatic heterocycles. The number of carbonyl (C=O) groups is 1. The molecular weight excluding hydrogens is 492 g/mol. The van der Waals surface area contributed by atoms with E-state index in [1.54, 1.807) is 26.4 Å². The maximum absolute atomic E-state index is 13.6. The summed E-state index contributed by atoms with van der Waals surface area (Å²) in [6, 6.07) is 9.12. The van der Waals surface area contributed by atoms with Crippen LogP contribution in [0.1, 0.15) is 50.6 Å². The number of rotatable bonds is 10. The van der Waals surface area contributed by atoms with Gasteiger partial charge in [-0.3, -0.25) is 4.79 Å². The summed E-state index contributed by atoms with van der Waals surface area (Å²) in [4.78, 5) is 13.1. The molecule has 1 unspecified atom stereocenters. The van der Waals surface area contributed by atoms with Gasteiger partial charge in [0.2, 0.25) is 15.9 Å². The van der Waals surface area contributed by atoms with E-state index in [-0.39, 0.29) is 34.5 Å². The summed E-state index contributed by atoms with van der Waals surface area (Å²) in [7, 11) is 0.598. The molecule has 2 aromatic rings. The Labute approximate surface area is 212 Å². The molecule has 0 saturated heterocycles.